The number of hydrogen-bond acceptors (Lipinski definition) is 6. The first kappa shape index (κ1) is 17.4. The van der Waals surface area contributed by atoms with E-state index in [1.54, 1.807) is 25.3 Å². The third-order valence-corrected chi connectivity index (χ3v) is 4.92. The van der Waals surface area contributed by atoms with Gasteiger partial charge in [-0.25, -0.2) is 14.0 Å². The van der Waals surface area contributed by atoms with Crippen LogP contribution in [0.3, 0.4) is 0 Å². The number of piperidine rings is 1. The van der Waals surface area contributed by atoms with Crippen LogP contribution in [0.1, 0.15) is 36.0 Å². The van der Waals surface area contributed by atoms with Crippen molar-refractivity contribution in [2.75, 3.05) is 13.1 Å². The van der Waals surface area contributed by atoms with Gasteiger partial charge in [0.25, 0.3) is 0 Å². The number of aromatic nitrogens is 3. The maximum atomic E-state index is 13.1. The van der Waals surface area contributed by atoms with Crippen molar-refractivity contribution >= 4 is 5.91 Å². The molecular weight excluding hydrogens is 351 g/mol. The number of amides is 1. The predicted octanol–water partition coefficient (Wildman–Crippen LogP) is 3.12. The maximum absolute atomic E-state index is 13.1. The lowest BCUT2D eigenvalue weighted by Crippen LogP contribution is -2.39. The van der Waals surface area contributed by atoms with Crippen LogP contribution in [0.25, 0.3) is 11.3 Å². The molecule has 0 N–H and O–H groups in total. The van der Waals surface area contributed by atoms with E-state index in [0.29, 0.717) is 36.1 Å². The average Bonchev–Trinajstić information content (AvgIpc) is 3.32. The molecule has 1 saturated heterocycles. The van der Waals surface area contributed by atoms with E-state index < -0.39 is 0 Å². The number of carbonyl (C=O) groups excluding carboxylic acids is 1. The lowest BCUT2D eigenvalue weighted by Gasteiger charge is -2.30. The van der Waals surface area contributed by atoms with E-state index in [-0.39, 0.29) is 24.1 Å². The molecule has 27 heavy (non-hydrogen) atoms. The van der Waals surface area contributed by atoms with Gasteiger partial charge in [-0.2, -0.15) is 0 Å². The monoisotopic (exact) mass is 370 g/mol. The average molecular weight is 370 g/mol. The molecule has 0 atom stereocenters. The zero-order valence-electron chi connectivity index (χ0n) is 14.9. The van der Waals surface area contributed by atoms with Crippen LogP contribution in [0.4, 0.5) is 4.39 Å². The number of halogens is 1. The smallest absolute Gasteiger partial charge is 0.228 e. The summed E-state index contributed by atoms with van der Waals surface area (Å²) in [5.41, 5.74) is 2.73. The molecule has 8 heteroatoms. The van der Waals surface area contributed by atoms with Gasteiger partial charge in [-0.15, -0.1) is 0 Å². The Morgan fingerprint density at radius 1 is 1.22 bits per heavy atom. The molecule has 0 saturated carbocycles. The molecule has 1 amide bonds. The fourth-order valence-corrected chi connectivity index (χ4v) is 3.27. The van der Waals surface area contributed by atoms with Crippen LogP contribution in [0.2, 0.25) is 0 Å². The summed E-state index contributed by atoms with van der Waals surface area (Å²) in [6.07, 6.45) is 3.37. The standard InChI is InChI=1S/C19H19FN4O3/c1-12-16(23-27-22-12)10-18(25)24-8-6-14(7-9-24)19-21-17(11-26-19)13-2-4-15(20)5-3-13/h2-5,11,14H,6-10H2,1H3. The van der Waals surface area contributed by atoms with Gasteiger partial charge in [0.15, 0.2) is 5.89 Å². The topological polar surface area (TPSA) is 85.3 Å². The molecule has 1 aliphatic rings. The van der Waals surface area contributed by atoms with Gasteiger partial charge in [-0.1, -0.05) is 10.3 Å². The summed E-state index contributed by atoms with van der Waals surface area (Å²) < 4.78 is 23.3. The SMILES string of the molecule is Cc1nonc1CC(=O)N1CCC(c2nc(-c3ccc(F)cc3)co2)CC1. The van der Waals surface area contributed by atoms with Gasteiger partial charge in [-0.05, 0) is 44.0 Å². The van der Waals surface area contributed by atoms with Crippen molar-refractivity contribution in [2.24, 2.45) is 0 Å². The van der Waals surface area contributed by atoms with Crippen LogP contribution in [-0.2, 0) is 11.2 Å². The summed E-state index contributed by atoms with van der Waals surface area (Å²) in [6.45, 7) is 3.05. The molecule has 0 aliphatic carbocycles. The minimum Gasteiger partial charge on any atom is -0.448 e. The Labute approximate surface area is 155 Å². The summed E-state index contributed by atoms with van der Waals surface area (Å²) in [5, 5.41) is 7.47. The van der Waals surface area contributed by atoms with Crippen molar-refractivity contribution < 1.29 is 18.2 Å². The number of rotatable bonds is 4. The molecule has 3 heterocycles. The van der Waals surface area contributed by atoms with Crippen LogP contribution in [0, 0.1) is 12.7 Å². The van der Waals surface area contributed by atoms with Crippen molar-refractivity contribution in [3.63, 3.8) is 0 Å². The Bertz CT molecular complexity index is 927. The first-order chi connectivity index (χ1) is 13.1. The number of carbonyl (C=O) groups is 1. The second kappa shape index (κ2) is 7.30. The molecule has 7 nitrogen and oxygen atoms in total. The Morgan fingerprint density at radius 2 is 1.96 bits per heavy atom. The highest BCUT2D eigenvalue weighted by Crippen LogP contribution is 2.30. The van der Waals surface area contributed by atoms with E-state index in [1.165, 1.54) is 12.1 Å². The molecule has 0 spiro atoms. The Kier molecular flexibility index (Phi) is 4.70. The summed E-state index contributed by atoms with van der Waals surface area (Å²) in [6, 6.07) is 6.16. The Morgan fingerprint density at radius 3 is 2.63 bits per heavy atom. The number of hydrogen-bond donors (Lipinski definition) is 0. The van der Waals surface area contributed by atoms with Crippen LogP contribution < -0.4 is 0 Å². The van der Waals surface area contributed by atoms with Crippen LogP contribution in [0.5, 0.6) is 0 Å². The normalized spacial score (nSPS) is 15.3. The summed E-state index contributed by atoms with van der Waals surface area (Å²) >= 11 is 0. The van der Waals surface area contributed by atoms with Crippen LogP contribution in [-0.4, -0.2) is 39.2 Å². The van der Waals surface area contributed by atoms with E-state index >= 15 is 0 Å². The van der Waals surface area contributed by atoms with Gasteiger partial charge in [0.2, 0.25) is 5.91 Å². The molecule has 0 unspecified atom stereocenters. The minimum atomic E-state index is -0.281. The number of nitrogens with zero attached hydrogens (tertiary/aromatic N) is 4. The van der Waals surface area contributed by atoms with Gasteiger partial charge in [0, 0.05) is 24.6 Å². The van der Waals surface area contributed by atoms with E-state index in [0.717, 1.165) is 18.4 Å². The molecule has 2 aromatic heterocycles. The fraction of sp³-hybridized carbons (Fsp3) is 0.368. The molecule has 0 radical (unpaired) electrons. The fourth-order valence-electron chi connectivity index (χ4n) is 3.27. The molecule has 1 aromatic carbocycles. The van der Waals surface area contributed by atoms with Crippen molar-refractivity contribution in [1.29, 1.82) is 0 Å². The number of benzene rings is 1. The van der Waals surface area contributed by atoms with E-state index in [1.807, 2.05) is 4.90 Å². The summed E-state index contributed by atoms with van der Waals surface area (Å²) in [5.74, 6) is 0.569. The highest BCUT2D eigenvalue weighted by molar-refractivity contribution is 5.78. The maximum Gasteiger partial charge on any atom is 0.228 e. The van der Waals surface area contributed by atoms with Gasteiger partial charge < -0.3 is 9.32 Å². The van der Waals surface area contributed by atoms with E-state index in [9.17, 15) is 9.18 Å². The Hall–Kier alpha value is -3.03. The highest BCUT2D eigenvalue weighted by atomic mass is 19.1. The van der Waals surface area contributed by atoms with Crippen molar-refractivity contribution in [3.8, 4) is 11.3 Å². The first-order valence-corrected chi connectivity index (χ1v) is 8.87. The largest absolute Gasteiger partial charge is 0.448 e. The van der Waals surface area contributed by atoms with Crippen molar-refractivity contribution in [3.05, 3.63) is 53.6 Å². The number of oxazole rings is 1. The van der Waals surface area contributed by atoms with Gasteiger partial charge in [0.1, 0.15) is 29.2 Å². The molecule has 3 aromatic rings. The summed E-state index contributed by atoms with van der Waals surface area (Å²) in [7, 11) is 0. The molecule has 1 aliphatic heterocycles. The van der Waals surface area contributed by atoms with Crippen molar-refractivity contribution in [1.82, 2.24) is 20.2 Å². The lowest BCUT2D eigenvalue weighted by molar-refractivity contribution is -0.131. The number of aryl methyl sites for hydroxylation is 1. The van der Waals surface area contributed by atoms with Gasteiger partial charge in [-0.3, -0.25) is 4.79 Å². The quantitative estimate of drug-likeness (QED) is 0.701. The highest BCUT2D eigenvalue weighted by Gasteiger charge is 2.27. The minimum absolute atomic E-state index is 0.0201. The van der Waals surface area contributed by atoms with Gasteiger partial charge >= 0.3 is 0 Å². The predicted molar refractivity (Wildman–Crippen MR) is 93.2 cm³/mol. The molecule has 4 rings (SSSR count). The van der Waals surface area contributed by atoms with Crippen LogP contribution in [0.15, 0.2) is 39.6 Å². The van der Waals surface area contributed by atoms with E-state index in [4.69, 9.17) is 4.42 Å². The molecular formula is C19H19FN4O3. The second-order valence-corrected chi connectivity index (χ2v) is 6.71. The zero-order chi connectivity index (χ0) is 18.8. The molecule has 140 valence electrons. The van der Waals surface area contributed by atoms with E-state index in [2.05, 4.69) is 19.9 Å². The first-order valence-electron chi connectivity index (χ1n) is 8.87. The lowest BCUT2D eigenvalue weighted by atomic mass is 9.96. The number of likely N-dealkylation sites (tertiary alicyclic amines) is 1. The van der Waals surface area contributed by atoms with Gasteiger partial charge in [0.05, 0.1) is 6.42 Å². The van der Waals surface area contributed by atoms with Crippen molar-refractivity contribution in [2.45, 2.75) is 32.1 Å². The third kappa shape index (κ3) is 3.74. The zero-order valence-corrected chi connectivity index (χ0v) is 14.9. The van der Waals surface area contributed by atoms with Crippen LogP contribution >= 0.6 is 0 Å². The molecule has 0 bridgehead atoms. The molecule has 1 fully saturated rings. The third-order valence-electron chi connectivity index (χ3n) is 4.92. The Balaban J connectivity index is 1.36. The summed E-state index contributed by atoms with van der Waals surface area (Å²) in [4.78, 5) is 18.8. The second-order valence-electron chi connectivity index (χ2n) is 6.71.